The number of carbonyl (C=O) groups excluding carboxylic acids is 1. The van der Waals surface area contributed by atoms with Crippen LogP contribution in [-0.2, 0) is 11.3 Å². The molecule has 1 aromatic heterocycles. The van der Waals surface area contributed by atoms with Gasteiger partial charge in [-0.3, -0.25) is 9.89 Å². The Morgan fingerprint density at radius 2 is 2.00 bits per heavy atom. The van der Waals surface area contributed by atoms with E-state index in [1.165, 1.54) is 0 Å². The number of ether oxygens (including phenoxy) is 2. The van der Waals surface area contributed by atoms with Gasteiger partial charge in [-0.15, -0.1) is 0 Å². The second-order valence-corrected chi connectivity index (χ2v) is 7.59. The minimum Gasteiger partial charge on any atom is -0.497 e. The van der Waals surface area contributed by atoms with Gasteiger partial charge in [0.2, 0.25) is 0 Å². The Kier molecular flexibility index (Phi) is 5.81. The number of aromatic nitrogens is 3. The Morgan fingerprint density at radius 1 is 1.20 bits per heavy atom. The lowest BCUT2D eigenvalue weighted by Crippen LogP contribution is -2.33. The summed E-state index contributed by atoms with van der Waals surface area (Å²) < 4.78 is 11.4. The number of hydrogen-bond acceptors (Lipinski definition) is 5. The molecule has 2 aromatic carbocycles. The number of nitrogens with zero attached hydrogens (tertiary/aromatic N) is 3. The Hall–Kier alpha value is -3.19. The monoisotopic (exact) mass is 406 g/mol. The van der Waals surface area contributed by atoms with Gasteiger partial charge in [0, 0.05) is 18.5 Å². The van der Waals surface area contributed by atoms with Gasteiger partial charge in [-0.2, -0.15) is 5.10 Å². The zero-order valence-electron chi connectivity index (χ0n) is 17.5. The maximum Gasteiger partial charge on any atom is 0.254 e. The molecule has 1 aliphatic heterocycles. The van der Waals surface area contributed by atoms with Crippen LogP contribution in [0.1, 0.15) is 45.6 Å². The summed E-state index contributed by atoms with van der Waals surface area (Å²) in [6.45, 7) is 4.78. The van der Waals surface area contributed by atoms with Gasteiger partial charge in [0.1, 0.15) is 11.6 Å². The summed E-state index contributed by atoms with van der Waals surface area (Å²) in [4.78, 5) is 19.8. The van der Waals surface area contributed by atoms with Gasteiger partial charge in [-0.25, -0.2) is 4.98 Å². The van der Waals surface area contributed by atoms with Crippen molar-refractivity contribution in [3.8, 4) is 5.75 Å². The molecule has 3 aromatic rings. The number of nitrogens with one attached hydrogen (secondary N) is 1. The average Bonchev–Trinajstić information content (AvgIpc) is 3.38. The molecule has 1 amide bonds. The van der Waals surface area contributed by atoms with Gasteiger partial charge >= 0.3 is 0 Å². The van der Waals surface area contributed by atoms with E-state index in [9.17, 15) is 4.79 Å². The van der Waals surface area contributed by atoms with Crippen LogP contribution < -0.4 is 4.74 Å². The number of aromatic amines is 1. The number of H-pyrrole nitrogens is 1. The summed E-state index contributed by atoms with van der Waals surface area (Å²) >= 11 is 0. The van der Waals surface area contributed by atoms with E-state index in [2.05, 4.69) is 15.2 Å². The van der Waals surface area contributed by atoms with Gasteiger partial charge in [-0.05, 0) is 43.2 Å². The Labute approximate surface area is 176 Å². The maximum atomic E-state index is 13.4. The second kappa shape index (κ2) is 8.67. The SMILES string of the molecule is COc1ccc(C(=O)N2C[C@@H](OCc3ccccc3)C[C@H]2c2n[nH]c(C)n2)c(C)c1. The molecule has 7 heteroatoms. The Balaban J connectivity index is 1.56. The van der Waals surface area contributed by atoms with Crippen molar-refractivity contribution in [2.75, 3.05) is 13.7 Å². The third-order valence-corrected chi connectivity index (χ3v) is 5.43. The van der Waals surface area contributed by atoms with E-state index >= 15 is 0 Å². The molecule has 4 rings (SSSR count). The third kappa shape index (κ3) is 4.21. The number of carbonyl (C=O) groups is 1. The van der Waals surface area contributed by atoms with Crippen molar-refractivity contribution < 1.29 is 14.3 Å². The second-order valence-electron chi connectivity index (χ2n) is 7.59. The summed E-state index contributed by atoms with van der Waals surface area (Å²) in [6.07, 6.45) is 0.571. The normalized spacial score (nSPS) is 18.6. The molecule has 2 heterocycles. The molecule has 156 valence electrons. The highest BCUT2D eigenvalue weighted by Crippen LogP contribution is 2.34. The fraction of sp³-hybridized carbons (Fsp3) is 0.348. The first-order valence-corrected chi connectivity index (χ1v) is 10.0. The number of likely N-dealkylation sites (tertiary alicyclic amines) is 1. The molecule has 1 N–H and O–H groups in total. The average molecular weight is 406 g/mol. The van der Waals surface area contributed by atoms with Crippen LogP contribution in [0.15, 0.2) is 48.5 Å². The first-order chi connectivity index (χ1) is 14.5. The fourth-order valence-corrected chi connectivity index (χ4v) is 3.84. The molecular formula is C23H26N4O3. The highest BCUT2D eigenvalue weighted by atomic mass is 16.5. The summed E-state index contributed by atoms with van der Waals surface area (Å²) in [5.41, 5.74) is 2.63. The van der Waals surface area contributed by atoms with Crippen molar-refractivity contribution in [3.63, 3.8) is 0 Å². The van der Waals surface area contributed by atoms with Crippen LogP contribution in [0.4, 0.5) is 0 Å². The number of rotatable bonds is 6. The summed E-state index contributed by atoms with van der Waals surface area (Å²) in [5.74, 6) is 2.04. The Morgan fingerprint density at radius 3 is 2.67 bits per heavy atom. The predicted octanol–water partition coefficient (Wildman–Crippen LogP) is 3.60. The molecular weight excluding hydrogens is 380 g/mol. The van der Waals surface area contributed by atoms with Crippen molar-refractivity contribution in [3.05, 3.63) is 76.9 Å². The van der Waals surface area contributed by atoms with Crippen LogP contribution in [0.5, 0.6) is 5.75 Å². The molecule has 0 bridgehead atoms. The first kappa shape index (κ1) is 20.1. The van der Waals surface area contributed by atoms with Gasteiger partial charge in [-0.1, -0.05) is 30.3 Å². The van der Waals surface area contributed by atoms with E-state index in [0.29, 0.717) is 31.0 Å². The first-order valence-electron chi connectivity index (χ1n) is 10.0. The van der Waals surface area contributed by atoms with E-state index in [1.54, 1.807) is 7.11 Å². The van der Waals surface area contributed by atoms with Gasteiger partial charge < -0.3 is 14.4 Å². The van der Waals surface area contributed by atoms with Gasteiger partial charge in [0.25, 0.3) is 5.91 Å². The van der Waals surface area contributed by atoms with E-state index in [-0.39, 0.29) is 18.1 Å². The molecule has 0 saturated carbocycles. The fourth-order valence-electron chi connectivity index (χ4n) is 3.84. The van der Waals surface area contributed by atoms with Crippen molar-refractivity contribution in [2.24, 2.45) is 0 Å². The Bertz CT molecular complexity index is 1020. The minimum absolute atomic E-state index is 0.0478. The molecule has 0 unspecified atom stereocenters. The van der Waals surface area contributed by atoms with Crippen molar-refractivity contribution >= 4 is 5.91 Å². The number of aryl methyl sites for hydroxylation is 2. The molecule has 7 nitrogen and oxygen atoms in total. The van der Waals surface area contributed by atoms with Crippen LogP contribution in [0.2, 0.25) is 0 Å². The molecule has 30 heavy (non-hydrogen) atoms. The number of methoxy groups -OCH3 is 1. The van der Waals surface area contributed by atoms with E-state index in [4.69, 9.17) is 9.47 Å². The summed E-state index contributed by atoms with van der Waals surface area (Å²) in [6, 6.07) is 15.3. The molecule has 0 radical (unpaired) electrons. The smallest absolute Gasteiger partial charge is 0.254 e. The highest BCUT2D eigenvalue weighted by molar-refractivity contribution is 5.96. The van der Waals surface area contributed by atoms with Crippen LogP contribution in [-0.4, -0.2) is 45.7 Å². The van der Waals surface area contributed by atoms with Crippen molar-refractivity contribution in [1.82, 2.24) is 20.1 Å². The maximum absolute atomic E-state index is 13.4. The molecule has 0 spiro atoms. The van der Waals surface area contributed by atoms with Crippen LogP contribution in [0.3, 0.4) is 0 Å². The van der Waals surface area contributed by atoms with Gasteiger partial charge in [0.15, 0.2) is 5.82 Å². The molecule has 2 atom stereocenters. The largest absolute Gasteiger partial charge is 0.497 e. The van der Waals surface area contributed by atoms with E-state index in [0.717, 1.165) is 22.7 Å². The van der Waals surface area contributed by atoms with Crippen molar-refractivity contribution in [2.45, 2.75) is 39.0 Å². The standard InChI is InChI=1S/C23H26N4O3/c1-15-11-18(29-3)9-10-20(15)23(28)27-13-19(30-14-17-7-5-4-6-8-17)12-21(27)22-24-16(2)25-26-22/h4-11,19,21H,12-14H2,1-3H3,(H,24,25,26)/t19-,21-/m0/s1. The molecule has 1 saturated heterocycles. The lowest BCUT2D eigenvalue weighted by Gasteiger charge is -2.23. The number of amides is 1. The van der Waals surface area contributed by atoms with Gasteiger partial charge in [0.05, 0.1) is 25.9 Å². The van der Waals surface area contributed by atoms with E-state index in [1.807, 2.05) is 67.3 Å². The molecule has 1 fully saturated rings. The highest BCUT2D eigenvalue weighted by Gasteiger charge is 2.39. The molecule has 1 aliphatic rings. The third-order valence-electron chi connectivity index (χ3n) is 5.43. The minimum atomic E-state index is -0.232. The lowest BCUT2D eigenvalue weighted by molar-refractivity contribution is 0.0437. The lowest BCUT2D eigenvalue weighted by atomic mass is 10.1. The van der Waals surface area contributed by atoms with Crippen LogP contribution in [0, 0.1) is 13.8 Å². The zero-order valence-corrected chi connectivity index (χ0v) is 17.5. The van der Waals surface area contributed by atoms with Crippen LogP contribution >= 0.6 is 0 Å². The quantitative estimate of drug-likeness (QED) is 0.677. The zero-order chi connectivity index (χ0) is 21.1. The predicted molar refractivity (Wildman–Crippen MR) is 112 cm³/mol. The van der Waals surface area contributed by atoms with E-state index < -0.39 is 0 Å². The molecule has 0 aliphatic carbocycles. The summed E-state index contributed by atoms with van der Waals surface area (Å²) in [5, 5.41) is 7.21. The summed E-state index contributed by atoms with van der Waals surface area (Å²) in [7, 11) is 1.62. The number of benzene rings is 2. The van der Waals surface area contributed by atoms with Crippen molar-refractivity contribution in [1.29, 1.82) is 0 Å². The number of hydrogen-bond donors (Lipinski definition) is 1. The van der Waals surface area contributed by atoms with Crippen LogP contribution in [0.25, 0.3) is 0 Å². The topological polar surface area (TPSA) is 80.3 Å².